The lowest BCUT2D eigenvalue weighted by Gasteiger charge is -2.65. The Labute approximate surface area is 167 Å². The van der Waals surface area contributed by atoms with E-state index in [4.69, 9.17) is 4.74 Å². The lowest BCUT2D eigenvalue weighted by atomic mass is 9.42. The van der Waals surface area contributed by atoms with Gasteiger partial charge in [0.25, 0.3) is 0 Å². The van der Waals surface area contributed by atoms with Gasteiger partial charge in [-0.15, -0.1) is 0 Å². The molecule has 0 amide bonds. The average Bonchev–Trinajstić information content (AvgIpc) is 3.16. The SMILES string of the molecule is CC12CCC(O)CC1CCC1C2C(O)CC2(C)C(C3=CC(=O)OC3)CCC12O. The highest BCUT2D eigenvalue weighted by Crippen LogP contribution is 2.69. The predicted octanol–water partition coefficient (Wildman–Crippen LogP) is 2.58. The molecule has 5 heteroatoms. The van der Waals surface area contributed by atoms with Crippen molar-refractivity contribution in [2.24, 2.45) is 34.5 Å². The molecule has 0 aromatic heterocycles. The first-order chi connectivity index (χ1) is 13.2. The molecular formula is C23H34O5. The van der Waals surface area contributed by atoms with Crippen LogP contribution in [-0.2, 0) is 9.53 Å². The van der Waals surface area contributed by atoms with Crippen molar-refractivity contribution >= 4 is 5.97 Å². The normalized spacial score (nSPS) is 55.8. The van der Waals surface area contributed by atoms with Gasteiger partial charge in [0, 0.05) is 11.5 Å². The summed E-state index contributed by atoms with van der Waals surface area (Å²) in [5, 5.41) is 33.7. The van der Waals surface area contributed by atoms with E-state index in [2.05, 4.69) is 13.8 Å². The number of hydrogen-bond acceptors (Lipinski definition) is 5. The molecule has 9 atom stereocenters. The third-order valence-electron chi connectivity index (χ3n) is 9.89. The fourth-order valence-corrected chi connectivity index (χ4v) is 8.49. The smallest absolute Gasteiger partial charge is 0.331 e. The number of aliphatic hydroxyl groups excluding tert-OH is 2. The van der Waals surface area contributed by atoms with E-state index in [1.165, 1.54) is 0 Å². The highest BCUT2D eigenvalue weighted by atomic mass is 16.5. The van der Waals surface area contributed by atoms with Gasteiger partial charge in [-0.25, -0.2) is 4.79 Å². The molecule has 0 bridgehead atoms. The van der Waals surface area contributed by atoms with Gasteiger partial charge in [0.2, 0.25) is 0 Å². The van der Waals surface area contributed by atoms with Crippen molar-refractivity contribution in [1.29, 1.82) is 0 Å². The first-order valence-corrected chi connectivity index (χ1v) is 11.1. The predicted molar refractivity (Wildman–Crippen MR) is 103 cm³/mol. The van der Waals surface area contributed by atoms with Crippen molar-refractivity contribution < 1.29 is 24.9 Å². The van der Waals surface area contributed by atoms with Gasteiger partial charge in [-0.05, 0) is 86.0 Å². The summed E-state index contributed by atoms with van der Waals surface area (Å²) < 4.78 is 5.17. The molecule has 0 radical (unpaired) electrons. The van der Waals surface area contributed by atoms with Crippen LogP contribution in [0.25, 0.3) is 0 Å². The van der Waals surface area contributed by atoms with E-state index >= 15 is 0 Å². The lowest BCUT2D eigenvalue weighted by molar-refractivity contribution is -0.242. The van der Waals surface area contributed by atoms with Crippen molar-refractivity contribution in [2.45, 2.75) is 83.0 Å². The minimum absolute atomic E-state index is 0.0115. The Kier molecular flexibility index (Phi) is 4.12. The number of carbonyl (C=O) groups is 1. The molecule has 0 spiro atoms. The number of cyclic esters (lactones) is 1. The van der Waals surface area contributed by atoms with Crippen LogP contribution in [0.4, 0.5) is 0 Å². The Morgan fingerprint density at radius 1 is 1.11 bits per heavy atom. The van der Waals surface area contributed by atoms with Crippen LogP contribution in [0, 0.1) is 34.5 Å². The van der Waals surface area contributed by atoms with Crippen LogP contribution in [0.2, 0.25) is 0 Å². The minimum atomic E-state index is -0.807. The zero-order valence-electron chi connectivity index (χ0n) is 17.1. The number of hydrogen-bond donors (Lipinski definition) is 3. The van der Waals surface area contributed by atoms with E-state index in [1.54, 1.807) is 6.08 Å². The van der Waals surface area contributed by atoms with Gasteiger partial charge in [-0.1, -0.05) is 13.8 Å². The van der Waals surface area contributed by atoms with Crippen molar-refractivity contribution in [3.05, 3.63) is 11.6 Å². The van der Waals surface area contributed by atoms with Crippen LogP contribution in [0.15, 0.2) is 11.6 Å². The maximum atomic E-state index is 12.1. The molecular weight excluding hydrogens is 356 g/mol. The van der Waals surface area contributed by atoms with Gasteiger partial charge < -0.3 is 20.1 Å². The fraction of sp³-hybridized carbons (Fsp3) is 0.870. The van der Waals surface area contributed by atoms with E-state index in [0.717, 1.165) is 50.5 Å². The summed E-state index contributed by atoms with van der Waals surface area (Å²) in [6, 6.07) is 0. The first-order valence-electron chi connectivity index (χ1n) is 11.1. The third kappa shape index (κ3) is 2.33. The minimum Gasteiger partial charge on any atom is -0.458 e. The number of carbonyl (C=O) groups excluding carboxylic acids is 1. The van der Waals surface area contributed by atoms with Crippen molar-refractivity contribution in [1.82, 2.24) is 0 Å². The number of rotatable bonds is 1. The molecule has 156 valence electrons. The maximum absolute atomic E-state index is 12.1. The van der Waals surface area contributed by atoms with Crippen LogP contribution in [0.5, 0.6) is 0 Å². The monoisotopic (exact) mass is 390 g/mol. The Hall–Kier alpha value is -0.910. The van der Waals surface area contributed by atoms with E-state index in [0.29, 0.717) is 18.9 Å². The molecule has 5 nitrogen and oxygen atoms in total. The van der Waals surface area contributed by atoms with E-state index in [-0.39, 0.29) is 35.2 Å². The van der Waals surface area contributed by atoms with Gasteiger partial charge in [-0.2, -0.15) is 0 Å². The number of ether oxygens (including phenoxy) is 1. The molecule has 3 N–H and O–H groups in total. The Morgan fingerprint density at radius 3 is 2.61 bits per heavy atom. The number of aliphatic hydroxyl groups is 3. The summed E-state index contributed by atoms with van der Waals surface area (Å²) in [5.74, 6) is 0.420. The van der Waals surface area contributed by atoms with Crippen LogP contribution >= 0.6 is 0 Å². The average molecular weight is 391 g/mol. The van der Waals surface area contributed by atoms with Gasteiger partial charge in [0.15, 0.2) is 0 Å². The molecule has 28 heavy (non-hydrogen) atoms. The molecule has 1 heterocycles. The molecule has 5 rings (SSSR count). The number of esters is 1. The molecule has 5 aliphatic rings. The summed E-state index contributed by atoms with van der Waals surface area (Å²) in [6.45, 7) is 4.76. The van der Waals surface area contributed by atoms with Crippen LogP contribution in [-0.4, -0.2) is 45.7 Å². The summed E-state index contributed by atoms with van der Waals surface area (Å²) in [4.78, 5) is 11.6. The van der Waals surface area contributed by atoms with Gasteiger partial charge in [-0.3, -0.25) is 0 Å². The zero-order chi connectivity index (χ0) is 19.9. The molecule has 4 fully saturated rings. The van der Waals surface area contributed by atoms with Crippen LogP contribution in [0.3, 0.4) is 0 Å². The molecule has 0 aromatic carbocycles. The Balaban J connectivity index is 1.51. The second-order valence-corrected chi connectivity index (χ2v) is 10.9. The Morgan fingerprint density at radius 2 is 1.89 bits per heavy atom. The Bertz CT molecular complexity index is 718. The standard InChI is InChI=1S/C23H34O5/c1-21-7-5-15(24)10-14(21)3-4-17-20(21)18(25)11-22(2)16(6-8-23(17,22)27)13-9-19(26)28-12-13/h9,14-18,20,24-25,27H,3-8,10-12H2,1-2H3. The van der Waals surface area contributed by atoms with Crippen molar-refractivity contribution in [2.75, 3.05) is 6.61 Å². The molecule has 9 unspecified atom stereocenters. The lowest BCUT2D eigenvalue weighted by Crippen LogP contribution is -2.66. The number of fused-ring (bicyclic) bond motifs is 5. The van der Waals surface area contributed by atoms with Crippen LogP contribution in [0.1, 0.15) is 65.2 Å². The first kappa shape index (κ1) is 19.1. The fourth-order valence-electron chi connectivity index (χ4n) is 8.49. The van der Waals surface area contributed by atoms with Crippen LogP contribution < -0.4 is 0 Å². The zero-order valence-corrected chi connectivity index (χ0v) is 17.1. The van der Waals surface area contributed by atoms with Gasteiger partial charge in [0.05, 0.1) is 17.8 Å². The van der Waals surface area contributed by atoms with E-state index in [9.17, 15) is 20.1 Å². The van der Waals surface area contributed by atoms with Crippen molar-refractivity contribution in [3.8, 4) is 0 Å². The molecule has 0 saturated heterocycles. The van der Waals surface area contributed by atoms with Crippen molar-refractivity contribution in [3.63, 3.8) is 0 Å². The highest BCUT2D eigenvalue weighted by Gasteiger charge is 2.69. The molecule has 4 saturated carbocycles. The largest absolute Gasteiger partial charge is 0.458 e. The topological polar surface area (TPSA) is 87.0 Å². The molecule has 0 aromatic rings. The summed E-state index contributed by atoms with van der Waals surface area (Å²) in [7, 11) is 0. The second-order valence-electron chi connectivity index (χ2n) is 10.9. The second kappa shape index (κ2) is 6.05. The molecule has 1 aliphatic heterocycles. The van der Waals surface area contributed by atoms with Gasteiger partial charge >= 0.3 is 5.97 Å². The summed E-state index contributed by atoms with van der Waals surface area (Å²) in [5.41, 5.74) is -0.250. The molecule has 4 aliphatic carbocycles. The quantitative estimate of drug-likeness (QED) is 0.599. The van der Waals surface area contributed by atoms with Gasteiger partial charge in [0.1, 0.15) is 6.61 Å². The third-order valence-corrected chi connectivity index (χ3v) is 9.89. The maximum Gasteiger partial charge on any atom is 0.331 e. The summed E-state index contributed by atoms with van der Waals surface area (Å²) in [6.07, 6.45) is 7.61. The summed E-state index contributed by atoms with van der Waals surface area (Å²) >= 11 is 0. The van der Waals surface area contributed by atoms with E-state index in [1.807, 2.05) is 0 Å². The van der Waals surface area contributed by atoms with E-state index < -0.39 is 17.1 Å². The highest BCUT2D eigenvalue weighted by molar-refractivity contribution is 5.85.